The quantitative estimate of drug-likeness (QED) is 0.529. The number of alkyl carbamates (subject to hydrolysis) is 1. The number of hydrogen-bond acceptors (Lipinski definition) is 5. The summed E-state index contributed by atoms with van der Waals surface area (Å²) in [6.45, 7) is 5.15. The fourth-order valence-corrected chi connectivity index (χ4v) is 1.20. The molecule has 1 amide bonds. The third-order valence-corrected chi connectivity index (χ3v) is 1.83. The summed E-state index contributed by atoms with van der Waals surface area (Å²) in [7, 11) is 0. The molecule has 1 rings (SSSR count). The second kappa shape index (κ2) is 4.51. The van der Waals surface area contributed by atoms with Gasteiger partial charge in [0.1, 0.15) is 11.6 Å². The van der Waals surface area contributed by atoms with E-state index in [1.807, 2.05) is 0 Å². The van der Waals surface area contributed by atoms with Gasteiger partial charge in [0, 0.05) is 6.42 Å². The van der Waals surface area contributed by atoms with Gasteiger partial charge in [0.2, 0.25) is 0 Å². The molecule has 1 heterocycles. The molecule has 6 heteroatoms. The van der Waals surface area contributed by atoms with Crippen molar-refractivity contribution in [2.24, 2.45) is 0 Å². The average molecular weight is 229 g/mol. The first kappa shape index (κ1) is 12.5. The fourth-order valence-electron chi connectivity index (χ4n) is 1.20. The minimum absolute atomic E-state index is 0.117. The van der Waals surface area contributed by atoms with Crippen LogP contribution >= 0.6 is 0 Å². The molecule has 16 heavy (non-hydrogen) atoms. The first-order chi connectivity index (χ1) is 7.28. The number of amides is 1. The third kappa shape index (κ3) is 3.88. The van der Waals surface area contributed by atoms with Crippen molar-refractivity contribution < 1.29 is 23.9 Å². The highest BCUT2D eigenvalue weighted by Gasteiger charge is 2.31. The molecule has 1 atom stereocenters. The maximum absolute atomic E-state index is 11.3. The molecule has 1 fully saturated rings. The van der Waals surface area contributed by atoms with Gasteiger partial charge in [-0.3, -0.25) is 4.79 Å². The molecule has 1 aliphatic heterocycles. The minimum atomic E-state index is -0.799. The van der Waals surface area contributed by atoms with Gasteiger partial charge in [-0.15, -0.1) is 0 Å². The van der Waals surface area contributed by atoms with Crippen molar-refractivity contribution in [2.45, 2.75) is 45.3 Å². The Hall–Kier alpha value is -1.59. The lowest BCUT2D eigenvalue weighted by atomic mass is 10.1. The van der Waals surface area contributed by atoms with Gasteiger partial charge < -0.3 is 14.8 Å². The topological polar surface area (TPSA) is 81.7 Å². The van der Waals surface area contributed by atoms with Crippen molar-refractivity contribution in [3.8, 4) is 0 Å². The number of nitrogens with one attached hydrogen (secondary N) is 1. The molecule has 0 saturated carbocycles. The molecule has 90 valence electrons. The first-order valence-corrected chi connectivity index (χ1v) is 5.02. The maximum atomic E-state index is 11.3. The van der Waals surface area contributed by atoms with E-state index in [0.29, 0.717) is 0 Å². The largest absolute Gasteiger partial charge is 0.444 e. The summed E-state index contributed by atoms with van der Waals surface area (Å²) in [6, 6.07) is -0.799. The van der Waals surface area contributed by atoms with Crippen molar-refractivity contribution in [3.05, 3.63) is 0 Å². The third-order valence-electron chi connectivity index (χ3n) is 1.83. The molecule has 1 saturated heterocycles. The molecule has 0 aromatic heterocycles. The molecule has 0 spiro atoms. The van der Waals surface area contributed by atoms with E-state index in [9.17, 15) is 14.4 Å². The summed E-state index contributed by atoms with van der Waals surface area (Å²) in [5, 5.41) is 2.36. The molecule has 0 unspecified atom stereocenters. The van der Waals surface area contributed by atoms with Crippen molar-refractivity contribution in [1.82, 2.24) is 5.32 Å². The van der Waals surface area contributed by atoms with Crippen LogP contribution in [0, 0.1) is 0 Å². The fraction of sp³-hybridized carbons (Fsp3) is 0.700. The smallest absolute Gasteiger partial charge is 0.408 e. The summed E-state index contributed by atoms with van der Waals surface area (Å²) in [4.78, 5) is 33.3. The summed E-state index contributed by atoms with van der Waals surface area (Å²) in [5.41, 5.74) is -0.627. The normalized spacial score (nSPS) is 21.3. The van der Waals surface area contributed by atoms with Crippen LogP contribution in [0.5, 0.6) is 0 Å². The molecule has 0 aromatic rings. The summed E-state index contributed by atoms with van der Waals surface area (Å²) >= 11 is 0. The number of esters is 2. The second-order valence-corrected chi connectivity index (χ2v) is 4.53. The van der Waals surface area contributed by atoms with Crippen LogP contribution in [-0.2, 0) is 19.1 Å². The highest BCUT2D eigenvalue weighted by atomic mass is 16.6. The van der Waals surface area contributed by atoms with E-state index in [-0.39, 0.29) is 12.8 Å². The highest BCUT2D eigenvalue weighted by molar-refractivity contribution is 5.93. The number of cyclic esters (lactones) is 2. The van der Waals surface area contributed by atoms with E-state index >= 15 is 0 Å². The van der Waals surface area contributed by atoms with E-state index in [1.54, 1.807) is 20.8 Å². The lowest BCUT2D eigenvalue weighted by Gasteiger charge is -2.24. The van der Waals surface area contributed by atoms with E-state index in [0.717, 1.165) is 0 Å². The van der Waals surface area contributed by atoms with Crippen molar-refractivity contribution >= 4 is 18.0 Å². The molecule has 1 N–H and O–H groups in total. The highest BCUT2D eigenvalue weighted by Crippen LogP contribution is 2.11. The standard InChI is InChI=1S/C10H15NO5/c1-10(2,3)16-9(14)11-6-4-5-7(12)15-8(6)13/h6H,4-5H2,1-3H3,(H,11,14)/t6-/m1/s1. The van der Waals surface area contributed by atoms with Crippen LogP contribution in [0.25, 0.3) is 0 Å². The van der Waals surface area contributed by atoms with Crippen LogP contribution in [0.4, 0.5) is 4.79 Å². The van der Waals surface area contributed by atoms with Crippen molar-refractivity contribution in [2.75, 3.05) is 0 Å². The number of carbonyl (C=O) groups excluding carboxylic acids is 3. The SMILES string of the molecule is CC(C)(C)OC(=O)N[C@@H]1CCC(=O)OC1=O. The zero-order valence-corrected chi connectivity index (χ0v) is 9.53. The van der Waals surface area contributed by atoms with E-state index in [2.05, 4.69) is 10.1 Å². The predicted octanol–water partition coefficient (Wildman–Crippen LogP) is 0.743. The lowest BCUT2D eigenvalue weighted by Crippen LogP contribution is -2.47. The van der Waals surface area contributed by atoms with Gasteiger partial charge in [0.25, 0.3) is 0 Å². The summed E-state index contributed by atoms with van der Waals surface area (Å²) < 4.78 is 9.35. The Morgan fingerprint density at radius 2 is 2.06 bits per heavy atom. The van der Waals surface area contributed by atoms with Crippen LogP contribution in [0.1, 0.15) is 33.6 Å². The number of rotatable bonds is 1. The zero-order chi connectivity index (χ0) is 12.3. The Kier molecular flexibility index (Phi) is 3.51. The van der Waals surface area contributed by atoms with Crippen LogP contribution < -0.4 is 5.32 Å². The van der Waals surface area contributed by atoms with Gasteiger partial charge in [0.15, 0.2) is 0 Å². The van der Waals surface area contributed by atoms with Crippen LogP contribution in [-0.4, -0.2) is 29.7 Å². The number of carbonyl (C=O) groups is 3. The monoisotopic (exact) mass is 229 g/mol. The number of ether oxygens (including phenoxy) is 2. The van der Waals surface area contributed by atoms with Crippen molar-refractivity contribution in [3.63, 3.8) is 0 Å². The van der Waals surface area contributed by atoms with E-state index in [1.165, 1.54) is 0 Å². The molecule has 0 radical (unpaired) electrons. The van der Waals surface area contributed by atoms with Crippen molar-refractivity contribution in [1.29, 1.82) is 0 Å². The molecule has 6 nitrogen and oxygen atoms in total. The van der Waals surface area contributed by atoms with Crippen LogP contribution in [0.2, 0.25) is 0 Å². The zero-order valence-electron chi connectivity index (χ0n) is 9.53. The Bertz CT molecular complexity index is 318. The van der Waals surface area contributed by atoms with Gasteiger partial charge in [-0.2, -0.15) is 0 Å². The van der Waals surface area contributed by atoms with E-state index in [4.69, 9.17) is 4.74 Å². The molecular formula is C10H15NO5. The lowest BCUT2D eigenvalue weighted by molar-refractivity contribution is -0.165. The average Bonchev–Trinajstić information content (AvgIpc) is 2.06. The first-order valence-electron chi connectivity index (χ1n) is 5.02. The van der Waals surface area contributed by atoms with Crippen LogP contribution in [0.15, 0.2) is 0 Å². The Morgan fingerprint density at radius 3 is 2.56 bits per heavy atom. The van der Waals surface area contributed by atoms with Gasteiger partial charge in [-0.1, -0.05) is 0 Å². The van der Waals surface area contributed by atoms with Gasteiger partial charge >= 0.3 is 18.0 Å². The maximum Gasteiger partial charge on any atom is 0.408 e. The Morgan fingerprint density at radius 1 is 1.44 bits per heavy atom. The number of hydrogen-bond donors (Lipinski definition) is 1. The Balaban J connectivity index is 2.45. The van der Waals surface area contributed by atoms with Gasteiger partial charge in [0.05, 0.1) is 0 Å². The van der Waals surface area contributed by atoms with Gasteiger partial charge in [-0.05, 0) is 27.2 Å². The van der Waals surface area contributed by atoms with Crippen LogP contribution in [0.3, 0.4) is 0 Å². The second-order valence-electron chi connectivity index (χ2n) is 4.53. The van der Waals surface area contributed by atoms with Gasteiger partial charge in [-0.25, -0.2) is 9.59 Å². The summed E-state index contributed by atoms with van der Waals surface area (Å²) in [6.07, 6.45) is -0.327. The molecule has 0 aliphatic carbocycles. The Labute approximate surface area is 93.3 Å². The minimum Gasteiger partial charge on any atom is -0.444 e. The molecule has 0 bridgehead atoms. The predicted molar refractivity (Wildman–Crippen MR) is 53.5 cm³/mol. The summed E-state index contributed by atoms with van der Waals surface area (Å²) in [5.74, 6) is -1.30. The molecule has 1 aliphatic rings. The van der Waals surface area contributed by atoms with E-state index < -0.39 is 29.7 Å². The molecular weight excluding hydrogens is 214 g/mol. The molecule has 0 aromatic carbocycles.